The zero-order valence-corrected chi connectivity index (χ0v) is 11.7. The average Bonchev–Trinajstić information content (AvgIpc) is 2.49. The van der Waals surface area contributed by atoms with E-state index in [4.69, 9.17) is 10.00 Å². The number of morpholine rings is 1. The summed E-state index contributed by atoms with van der Waals surface area (Å²) < 4.78 is 18.9. The van der Waals surface area contributed by atoms with E-state index < -0.39 is 5.82 Å². The van der Waals surface area contributed by atoms with Crippen molar-refractivity contribution >= 4 is 0 Å². The van der Waals surface area contributed by atoms with Crippen molar-refractivity contribution in [2.45, 2.75) is 19.6 Å². The van der Waals surface area contributed by atoms with Crippen LogP contribution in [0.4, 0.5) is 4.39 Å². The van der Waals surface area contributed by atoms with Crippen molar-refractivity contribution in [1.29, 1.82) is 5.26 Å². The molecule has 1 aromatic carbocycles. The van der Waals surface area contributed by atoms with Crippen molar-refractivity contribution in [2.75, 3.05) is 32.8 Å². The van der Waals surface area contributed by atoms with Gasteiger partial charge in [0.2, 0.25) is 0 Å². The van der Waals surface area contributed by atoms with Crippen LogP contribution in [-0.4, -0.2) is 43.8 Å². The highest BCUT2D eigenvalue weighted by Crippen LogP contribution is 2.09. The molecule has 1 N–H and O–H groups in total. The van der Waals surface area contributed by atoms with Crippen LogP contribution in [-0.2, 0) is 11.3 Å². The Balaban J connectivity index is 1.80. The van der Waals surface area contributed by atoms with Gasteiger partial charge < -0.3 is 10.1 Å². The lowest BCUT2D eigenvalue weighted by Gasteiger charge is -2.32. The van der Waals surface area contributed by atoms with E-state index in [1.165, 1.54) is 6.07 Å². The van der Waals surface area contributed by atoms with Crippen molar-refractivity contribution in [1.82, 2.24) is 10.2 Å². The van der Waals surface area contributed by atoms with Crippen LogP contribution in [0.25, 0.3) is 0 Å². The van der Waals surface area contributed by atoms with Crippen LogP contribution in [0.5, 0.6) is 0 Å². The highest BCUT2D eigenvalue weighted by atomic mass is 19.1. The van der Waals surface area contributed by atoms with Crippen molar-refractivity contribution in [3.8, 4) is 6.07 Å². The second-order valence-corrected chi connectivity index (χ2v) is 4.94. The summed E-state index contributed by atoms with van der Waals surface area (Å²) in [5.41, 5.74) is 1.00. The van der Waals surface area contributed by atoms with Gasteiger partial charge in [-0.2, -0.15) is 5.26 Å². The van der Waals surface area contributed by atoms with Gasteiger partial charge >= 0.3 is 0 Å². The second-order valence-electron chi connectivity index (χ2n) is 4.94. The Labute approximate surface area is 119 Å². The first-order valence-electron chi connectivity index (χ1n) is 6.96. The van der Waals surface area contributed by atoms with Crippen molar-refractivity contribution < 1.29 is 9.13 Å². The minimum atomic E-state index is -0.467. The minimum absolute atomic E-state index is 0.0929. The first-order valence-corrected chi connectivity index (χ1v) is 6.96. The van der Waals surface area contributed by atoms with E-state index in [-0.39, 0.29) is 11.7 Å². The molecular formula is C15H20FN3O. The van der Waals surface area contributed by atoms with Gasteiger partial charge in [-0.25, -0.2) is 4.39 Å². The lowest BCUT2D eigenvalue weighted by molar-refractivity contribution is -0.0253. The van der Waals surface area contributed by atoms with Crippen LogP contribution in [0.2, 0.25) is 0 Å². The molecule has 2 rings (SSSR count). The predicted molar refractivity (Wildman–Crippen MR) is 74.7 cm³/mol. The van der Waals surface area contributed by atoms with Crippen LogP contribution >= 0.6 is 0 Å². The molecule has 0 bridgehead atoms. The first-order chi connectivity index (χ1) is 9.72. The van der Waals surface area contributed by atoms with E-state index in [0.717, 1.165) is 38.3 Å². The van der Waals surface area contributed by atoms with Gasteiger partial charge in [0, 0.05) is 26.2 Å². The summed E-state index contributed by atoms with van der Waals surface area (Å²) in [5, 5.41) is 12.1. The first kappa shape index (κ1) is 14.9. The van der Waals surface area contributed by atoms with Gasteiger partial charge in [-0.3, -0.25) is 4.90 Å². The molecule has 5 heteroatoms. The fourth-order valence-electron chi connectivity index (χ4n) is 2.34. The Kier molecular flexibility index (Phi) is 5.48. The summed E-state index contributed by atoms with van der Waals surface area (Å²) >= 11 is 0. The predicted octanol–water partition coefficient (Wildman–Crippen LogP) is 1.51. The Hall–Kier alpha value is -1.48. The van der Waals surface area contributed by atoms with Gasteiger partial charge in [-0.15, -0.1) is 0 Å². The normalized spacial score (nSPS) is 19.8. The van der Waals surface area contributed by atoms with Crippen LogP contribution < -0.4 is 5.32 Å². The molecule has 0 aromatic heterocycles. The topological polar surface area (TPSA) is 48.3 Å². The monoisotopic (exact) mass is 277 g/mol. The van der Waals surface area contributed by atoms with Gasteiger partial charge in [0.15, 0.2) is 0 Å². The maximum atomic E-state index is 13.2. The van der Waals surface area contributed by atoms with Crippen LogP contribution in [0.1, 0.15) is 18.1 Å². The minimum Gasteiger partial charge on any atom is -0.374 e. The van der Waals surface area contributed by atoms with E-state index in [2.05, 4.69) is 17.1 Å². The number of rotatable bonds is 5. The number of hydrogen-bond donors (Lipinski definition) is 1. The molecule has 4 nitrogen and oxygen atoms in total. The molecule has 0 spiro atoms. The highest BCUT2D eigenvalue weighted by Gasteiger charge is 2.18. The quantitative estimate of drug-likeness (QED) is 0.886. The smallest absolute Gasteiger partial charge is 0.140 e. The zero-order valence-electron chi connectivity index (χ0n) is 11.7. The van der Waals surface area contributed by atoms with E-state index in [1.54, 1.807) is 12.1 Å². The SMILES string of the molecule is CCN1CCOC(CNCc2ccc(F)c(C#N)c2)C1. The number of benzene rings is 1. The van der Waals surface area contributed by atoms with E-state index in [9.17, 15) is 4.39 Å². The van der Waals surface area contributed by atoms with Crippen molar-refractivity contribution in [2.24, 2.45) is 0 Å². The van der Waals surface area contributed by atoms with Crippen LogP contribution in [0, 0.1) is 17.1 Å². The highest BCUT2D eigenvalue weighted by molar-refractivity contribution is 5.34. The molecule has 1 unspecified atom stereocenters. The van der Waals surface area contributed by atoms with E-state index in [1.807, 2.05) is 6.07 Å². The third-order valence-corrected chi connectivity index (χ3v) is 3.52. The number of nitrogens with one attached hydrogen (secondary N) is 1. The standard InChI is InChI=1S/C15H20FN3O/c1-2-19-5-6-20-14(11-19)10-18-9-12-3-4-15(16)13(7-12)8-17/h3-4,7,14,18H,2,5-6,9-11H2,1H3. The molecule has 1 fully saturated rings. The summed E-state index contributed by atoms with van der Waals surface area (Å²) in [6.07, 6.45) is 0.194. The maximum absolute atomic E-state index is 13.2. The summed E-state index contributed by atoms with van der Waals surface area (Å²) in [7, 11) is 0. The lowest BCUT2D eigenvalue weighted by atomic mass is 10.1. The van der Waals surface area contributed by atoms with Gasteiger partial charge in [-0.05, 0) is 24.2 Å². The number of ether oxygens (including phenoxy) is 1. The fourth-order valence-corrected chi connectivity index (χ4v) is 2.34. The third-order valence-electron chi connectivity index (χ3n) is 3.52. The third kappa shape index (κ3) is 4.01. The molecule has 0 saturated carbocycles. The van der Waals surface area contributed by atoms with Crippen LogP contribution in [0.3, 0.4) is 0 Å². The fraction of sp³-hybridized carbons (Fsp3) is 0.533. The van der Waals surface area contributed by atoms with Gasteiger partial charge in [-0.1, -0.05) is 13.0 Å². The summed E-state index contributed by atoms with van der Waals surface area (Å²) in [6, 6.07) is 6.48. The Bertz CT molecular complexity index is 486. The molecule has 1 atom stereocenters. The molecule has 1 aliphatic rings. The number of nitrogens with zero attached hydrogens (tertiary/aromatic N) is 2. The Morgan fingerprint density at radius 3 is 3.15 bits per heavy atom. The number of halogens is 1. The lowest BCUT2D eigenvalue weighted by Crippen LogP contribution is -2.46. The van der Waals surface area contributed by atoms with E-state index in [0.29, 0.717) is 6.54 Å². The molecule has 1 heterocycles. The molecule has 0 amide bonds. The average molecular weight is 277 g/mol. The number of likely N-dealkylation sites (N-methyl/N-ethyl adjacent to an activating group) is 1. The van der Waals surface area contributed by atoms with E-state index >= 15 is 0 Å². The van der Waals surface area contributed by atoms with Crippen molar-refractivity contribution in [3.05, 3.63) is 35.1 Å². The maximum Gasteiger partial charge on any atom is 0.140 e. The van der Waals surface area contributed by atoms with Crippen molar-refractivity contribution in [3.63, 3.8) is 0 Å². The zero-order chi connectivity index (χ0) is 14.4. The Morgan fingerprint density at radius 1 is 1.55 bits per heavy atom. The molecular weight excluding hydrogens is 257 g/mol. The number of hydrogen-bond acceptors (Lipinski definition) is 4. The molecule has 1 saturated heterocycles. The Morgan fingerprint density at radius 2 is 2.40 bits per heavy atom. The second kappa shape index (κ2) is 7.34. The van der Waals surface area contributed by atoms with Crippen LogP contribution in [0.15, 0.2) is 18.2 Å². The molecule has 1 aromatic rings. The molecule has 20 heavy (non-hydrogen) atoms. The molecule has 0 aliphatic carbocycles. The summed E-state index contributed by atoms with van der Waals surface area (Å²) in [4.78, 5) is 2.36. The number of nitriles is 1. The largest absolute Gasteiger partial charge is 0.374 e. The van der Waals surface area contributed by atoms with Gasteiger partial charge in [0.05, 0.1) is 18.3 Å². The molecule has 0 radical (unpaired) electrons. The van der Waals surface area contributed by atoms with Gasteiger partial charge in [0.1, 0.15) is 11.9 Å². The summed E-state index contributed by atoms with van der Waals surface area (Å²) in [5.74, 6) is -0.467. The van der Waals surface area contributed by atoms with Gasteiger partial charge in [0.25, 0.3) is 0 Å². The molecule has 108 valence electrons. The summed E-state index contributed by atoms with van der Waals surface area (Å²) in [6.45, 7) is 7.28. The molecule has 1 aliphatic heterocycles.